The molecule has 0 aliphatic rings. The minimum Gasteiger partial charge on any atom is -0.452 e. The predicted octanol–water partition coefficient (Wildman–Crippen LogP) is 5.67. The van der Waals surface area contributed by atoms with Crippen molar-refractivity contribution in [1.82, 2.24) is 9.78 Å². The van der Waals surface area contributed by atoms with Gasteiger partial charge in [0.15, 0.2) is 6.61 Å². The molecule has 2 aromatic carbocycles. The fraction of sp³-hybridized carbons (Fsp3) is 0.227. The summed E-state index contributed by atoms with van der Waals surface area (Å²) in [5.74, 6) is -1.46. The van der Waals surface area contributed by atoms with Crippen LogP contribution in [0.25, 0.3) is 0 Å². The van der Waals surface area contributed by atoms with Gasteiger partial charge in [0.05, 0.1) is 23.5 Å². The van der Waals surface area contributed by atoms with E-state index in [2.05, 4.69) is 10.4 Å². The maximum Gasteiger partial charge on any atom is 0.416 e. The molecule has 0 bridgehead atoms. The van der Waals surface area contributed by atoms with Gasteiger partial charge in [0.2, 0.25) is 0 Å². The number of aromatic nitrogens is 2. The zero-order valence-electron chi connectivity index (χ0n) is 17.5. The minimum atomic E-state index is -4.48. The highest BCUT2D eigenvalue weighted by atomic mass is 35.5. The number of benzene rings is 2. The van der Waals surface area contributed by atoms with Gasteiger partial charge in [-0.3, -0.25) is 9.48 Å². The molecule has 174 valence electrons. The molecular weight excluding hydrogens is 482 g/mol. The molecule has 0 atom stereocenters. The summed E-state index contributed by atoms with van der Waals surface area (Å²) in [6, 6.07) is 9.01. The van der Waals surface area contributed by atoms with Crippen LogP contribution in [0, 0.1) is 13.8 Å². The van der Waals surface area contributed by atoms with Crippen molar-refractivity contribution >= 4 is 40.8 Å². The van der Waals surface area contributed by atoms with Crippen LogP contribution in [0.5, 0.6) is 0 Å². The Hall–Kier alpha value is -3.04. The Balaban J connectivity index is 1.64. The molecule has 0 aliphatic carbocycles. The van der Waals surface area contributed by atoms with Gasteiger partial charge in [-0.15, -0.1) is 0 Å². The first-order chi connectivity index (χ1) is 15.5. The van der Waals surface area contributed by atoms with E-state index in [0.29, 0.717) is 27.0 Å². The van der Waals surface area contributed by atoms with Crippen molar-refractivity contribution in [3.63, 3.8) is 0 Å². The number of carbonyl (C=O) groups excluding carboxylic acids is 2. The third kappa shape index (κ3) is 5.85. The van der Waals surface area contributed by atoms with Gasteiger partial charge in [0, 0.05) is 21.3 Å². The molecule has 0 saturated carbocycles. The van der Waals surface area contributed by atoms with Crippen LogP contribution in [0.2, 0.25) is 10.0 Å². The standard InChI is InChI=1S/C22H18Cl2F3N3O3/c1-12-20(13(2)30(29-12)10-16-17(23)4-3-5-18(16)24)21(32)33-11-19(31)28-15-8-6-14(7-9-15)22(25,26)27/h3-9H,10-11H2,1-2H3,(H,28,31). The van der Waals surface area contributed by atoms with Gasteiger partial charge in [-0.05, 0) is 50.2 Å². The third-order valence-corrected chi connectivity index (χ3v) is 5.49. The fourth-order valence-electron chi connectivity index (χ4n) is 3.12. The molecule has 0 saturated heterocycles. The van der Waals surface area contributed by atoms with Crippen LogP contribution in [0.1, 0.15) is 32.9 Å². The first-order valence-electron chi connectivity index (χ1n) is 9.58. The van der Waals surface area contributed by atoms with Crippen LogP contribution in [0.3, 0.4) is 0 Å². The summed E-state index contributed by atoms with van der Waals surface area (Å²) in [6.45, 7) is 2.90. The summed E-state index contributed by atoms with van der Waals surface area (Å²) in [5, 5.41) is 7.63. The van der Waals surface area contributed by atoms with Gasteiger partial charge in [0.25, 0.3) is 5.91 Å². The molecule has 1 aromatic heterocycles. The Morgan fingerprint density at radius 2 is 1.67 bits per heavy atom. The number of ether oxygens (including phenoxy) is 1. The van der Waals surface area contributed by atoms with Gasteiger partial charge in [-0.2, -0.15) is 18.3 Å². The highest BCUT2D eigenvalue weighted by Gasteiger charge is 2.30. The van der Waals surface area contributed by atoms with E-state index in [-0.39, 0.29) is 17.8 Å². The van der Waals surface area contributed by atoms with Crippen LogP contribution >= 0.6 is 23.2 Å². The average Bonchev–Trinajstić information content (AvgIpc) is 3.02. The van der Waals surface area contributed by atoms with Gasteiger partial charge in [0.1, 0.15) is 5.56 Å². The Morgan fingerprint density at radius 3 is 2.24 bits per heavy atom. The number of hydrogen-bond acceptors (Lipinski definition) is 4. The summed E-state index contributed by atoms with van der Waals surface area (Å²) >= 11 is 12.4. The summed E-state index contributed by atoms with van der Waals surface area (Å²) in [5.41, 5.74) is 1.03. The van der Waals surface area contributed by atoms with E-state index >= 15 is 0 Å². The van der Waals surface area contributed by atoms with Crippen molar-refractivity contribution in [3.8, 4) is 0 Å². The second kappa shape index (κ2) is 9.84. The van der Waals surface area contributed by atoms with Gasteiger partial charge < -0.3 is 10.1 Å². The molecule has 0 aliphatic heterocycles. The molecule has 1 amide bonds. The highest BCUT2D eigenvalue weighted by Crippen LogP contribution is 2.30. The Morgan fingerprint density at radius 1 is 1.06 bits per heavy atom. The van der Waals surface area contributed by atoms with Gasteiger partial charge in [-0.25, -0.2) is 4.79 Å². The number of alkyl halides is 3. The molecule has 6 nitrogen and oxygen atoms in total. The highest BCUT2D eigenvalue weighted by molar-refractivity contribution is 6.36. The number of aryl methyl sites for hydroxylation is 1. The van der Waals surface area contributed by atoms with Crippen molar-refractivity contribution in [3.05, 3.63) is 80.6 Å². The molecule has 33 heavy (non-hydrogen) atoms. The van der Waals surface area contributed by atoms with Crippen LogP contribution in [0.15, 0.2) is 42.5 Å². The quantitative estimate of drug-likeness (QED) is 0.443. The largest absolute Gasteiger partial charge is 0.452 e. The summed E-state index contributed by atoms with van der Waals surface area (Å²) < 4.78 is 44.5. The molecule has 0 spiro atoms. The Kier molecular flexibility index (Phi) is 7.34. The summed E-state index contributed by atoms with van der Waals surface area (Å²) in [4.78, 5) is 24.6. The zero-order valence-corrected chi connectivity index (χ0v) is 19.0. The average molecular weight is 500 g/mol. The summed E-state index contributed by atoms with van der Waals surface area (Å²) in [7, 11) is 0. The Labute approximate surface area is 197 Å². The van der Waals surface area contributed by atoms with Crippen LogP contribution < -0.4 is 5.32 Å². The number of nitrogens with zero attached hydrogens (tertiary/aromatic N) is 2. The van der Waals surface area contributed by atoms with Crippen molar-refractivity contribution in [2.45, 2.75) is 26.6 Å². The maximum atomic E-state index is 12.6. The molecule has 11 heteroatoms. The smallest absolute Gasteiger partial charge is 0.416 e. The first-order valence-corrected chi connectivity index (χ1v) is 10.3. The number of anilines is 1. The topological polar surface area (TPSA) is 73.2 Å². The van der Waals surface area contributed by atoms with Gasteiger partial charge in [-0.1, -0.05) is 29.3 Å². The van der Waals surface area contributed by atoms with E-state index < -0.39 is 30.2 Å². The number of amides is 1. The number of rotatable bonds is 6. The second-order valence-electron chi connectivity index (χ2n) is 7.10. The number of esters is 1. The molecule has 1 N–H and O–H groups in total. The van der Waals surface area contributed by atoms with E-state index in [1.165, 1.54) is 0 Å². The number of hydrogen-bond donors (Lipinski definition) is 1. The molecule has 3 aromatic rings. The van der Waals surface area contributed by atoms with Crippen molar-refractivity contribution in [2.24, 2.45) is 0 Å². The van der Waals surface area contributed by atoms with E-state index in [4.69, 9.17) is 27.9 Å². The van der Waals surface area contributed by atoms with E-state index in [0.717, 1.165) is 24.3 Å². The molecule has 3 rings (SSSR count). The SMILES string of the molecule is Cc1nn(Cc2c(Cl)cccc2Cl)c(C)c1C(=O)OCC(=O)Nc1ccc(C(F)(F)F)cc1. The van der Waals surface area contributed by atoms with Crippen LogP contribution in [-0.4, -0.2) is 28.3 Å². The van der Waals surface area contributed by atoms with Crippen LogP contribution in [0.4, 0.5) is 18.9 Å². The monoisotopic (exact) mass is 499 g/mol. The van der Waals surface area contributed by atoms with Gasteiger partial charge >= 0.3 is 12.1 Å². The molecule has 0 fully saturated rings. The van der Waals surface area contributed by atoms with Crippen molar-refractivity contribution < 1.29 is 27.5 Å². The lowest BCUT2D eigenvalue weighted by atomic mass is 10.2. The lowest BCUT2D eigenvalue weighted by Gasteiger charge is -2.10. The lowest BCUT2D eigenvalue weighted by Crippen LogP contribution is -2.21. The molecule has 1 heterocycles. The Bertz CT molecular complexity index is 1170. The normalized spacial score (nSPS) is 11.4. The minimum absolute atomic E-state index is 0.140. The maximum absolute atomic E-state index is 12.6. The molecular formula is C22H18Cl2F3N3O3. The number of halogens is 5. The number of nitrogens with one attached hydrogen (secondary N) is 1. The zero-order chi connectivity index (χ0) is 24.3. The first kappa shape index (κ1) is 24.6. The lowest BCUT2D eigenvalue weighted by molar-refractivity contribution is -0.137. The van der Waals surface area contributed by atoms with Crippen molar-refractivity contribution in [1.29, 1.82) is 0 Å². The van der Waals surface area contributed by atoms with E-state index in [1.807, 2.05) is 0 Å². The van der Waals surface area contributed by atoms with Crippen LogP contribution in [-0.2, 0) is 22.3 Å². The van der Waals surface area contributed by atoms with Crippen molar-refractivity contribution in [2.75, 3.05) is 11.9 Å². The molecule has 0 unspecified atom stereocenters. The fourth-order valence-corrected chi connectivity index (χ4v) is 3.64. The second-order valence-corrected chi connectivity index (χ2v) is 7.92. The van der Waals surface area contributed by atoms with E-state index in [9.17, 15) is 22.8 Å². The van der Waals surface area contributed by atoms with E-state index in [1.54, 1.807) is 36.7 Å². The number of carbonyl (C=O) groups is 2. The predicted molar refractivity (Wildman–Crippen MR) is 118 cm³/mol. The summed E-state index contributed by atoms with van der Waals surface area (Å²) in [6.07, 6.45) is -4.48. The molecule has 0 radical (unpaired) electrons. The third-order valence-electron chi connectivity index (χ3n) is 4.79.